The first-order chi connectivity index (χ1) is 42.7. The molecule has 5 atom stereocenters. The van der Waals surface area contributed by atoms with Crippen molar-refractivity contribution in [2.24, 2.45) is 17.8 Å². The Morgan fingerprint density at radius 3 is 0.764 bits per heavy atom. The zero-order chi connectivity index (χ0) is 65.9. The number of aliphatic hydroxyl groups is 1. The molecule has 0 aromatic carbocycles. The van der Waals surface area contributed by atoms with E-state index in [-0.39, 0.29) is 25.7 Å². The molecule has 3 N–H and O–H groups in total. The summed E-state index contributed by atoms with van der Waals surface area (Å²) in [6.45, 7) is 11.8. The summed E-state index contributed by atoms with van der Waals surface area (Å²) < 4.78 is 68.2. The number of hydrogen-bond acceptors (Lipinski definition) is 15. The van der Waals surface area contributed by atoms with Gasteiger partial charge in [0.05, 0.1) is 26.4 Å². The molecule has 0 saturated carbocycles. The van der Waals surface area contributed by atoms with Gasteiger partial charge in [-0.2, -0.15) is 0 Å². The summed E-state index contributed by atoms with van der Waals surface area (Å²) in [4.78, 5) is 72.5. The summed E-state index contributed by atoms with van der Waals surface area (Å²) in [5.74, 6) is 0.126. The molecule has 0 aliphatic heterocycles. The highest BCUT2D eigenvalue weighted by Crippen LogP contribution is 2.45. The second-order valence-electron chi connectivity index (χ2n) is 26.7. The minimum Gasteiger partial charge on any atom is -0.462 e. The molecule has 0 aliphatic carbocycles. The zero-order valence-electron chi connectivity index (χ0n) is 57.9. The van der Waals surface area contributed by atoms with Crippen molar-refractivity contribution in [3.8, 4) is 0 Å². The molecule has 2 unspecified atom stereocenters. The number of phosphoric acid groups is 2. The Labute approximate surface area is 543 Å². The van der Waals surface area contributed by atoms with Crippen LogP contribution in [-0.2, 0) is 65.4 Å². The fraction of sp³-hybridized carbons (Fsp3) is 0.943. The van der Waals surface area contributed by atoms with Gasteiger partial charge in [-0.3, -0.25) is 37.3 Å². The summed E-state index contributed by atoms with van der Waals surface area (Å²) in [5, 5.41) is 10.6. The average Bonchev–Trinajstić information content (AvgIpc) is 3.55. The fourth-order valence-corrected chi connectivity index (χ4v) is 12.1. The summed E-state index contributed by atoms with van der Waals surface area (Å²) in [7, 11) is -9.90. The topological polar surface area (TPSA) is 237 Å². The number of unbranched alkanes of at least 4 members (excludes halogenated alkanes) is 36. The van der Waals surface area contributed by atoms with Gasteiger partial charge in [0.2, 0.25) is 0 Å². The van der Waals surface area contributed by atoms with Gasteiger partial charge in [-0.15, -0.1) is 0 Å². The quantitative estimate of drug-likeness (QED) is 0.0222. The first kappa shape index (κ1) is 87.1. The van der Waals surface area contributed by atoms with Crippen LogP contribution in [0.2, 0.25) is 0 Å². The Morgan fingerprint density at radius 1 is 0.303 bits per heavy atom. The van der Waals surface area contributed by atoms with Crippen LogP contribution in [0.3, 0.4) is 0 Å². The van der Waals surface area contributed by atoms with Gasteiger partial charge in [0, 0.05) is 25.7 Å². The Morgan fingerprint density at radius 2 is 0.517 bits per heavy atom. The van der Waals surface area contributed by atoms with Crippen LogP contribution in [0.4, 0.5) is 0 Å². The van der Waals surface area contributed by atoms with Gasteiger partial charge >= 0.3 is 39.5 Å². The van der Waals surface area contributed by atoms with Crippen LogP contribution in [0.5, 0.6) is 0 Å². The molecule has 0 bridgehead atoms. The monoisotopic (exact) mass is 1310 g/mol. The number of ether oxygens (including phenoxy) is 4. The fourth-order valence-electron chi connectivity index (χ4n) is 10.5. The van der Waals surface area contributed by atoms with Gasteiger partial charge in [-0.05, 0) is 43.4 Å². The van der Waals surface area contributed by atoms with Crippen LogP contribution < -0.4 is 0 Å². The Balaban J connectivity index is 5.23. The zero-order valence-corrected chi connectivity index (χ0v) is 59.7. The van der Waals surface area contributed by atoms with Crippen molar-refractivity contribution in [2.45, 2.75) is 369 Å². The molecule has 17 nitrogen and oxygen atoms in total. The van der Waals surface area contributed by atoms with E-state index in [1.165, 1.54) is 161 Å². The molecule has 0 aromatic rings. The Bertz CT molecular complexity index is 1750. The van der Waals surface area contributed by atoms with Gasteiger partial charge in [0.1, 0.15) is 19.3 Å². The number of esters is 4. The molecule has 0 spiro atoms. The van der Waals surface area contributed by atoms with Crippen LogP contribution in [0.25, 0.3) is 0 Å². The lowest BCUT2D eigenvalue weighted by Gasteiger charge is -2.21. The lowest BCUT2D eigenvalue weighted by Crippen LogP contribution is -2.30. The predicted molar refractivity (Wildman–Crippen MR) is 358 cm³/mol. The smallest absolute Gasteiger partial charge is 0.462 e. The molecular weight excluding hydrogens is 1170 g/mol. The maximum absolute atomic E-state index is 13.0. The van der Waals surface area contributed by atoms with Crippen molar-refractivity contribution in [2.75, 3.05) is 39.6 Å². The molecular formula is C70H136O17P2. The molecule has 0 saturated heterocycles. The van der Waals surface area contributed by atoms with E-state index in [0.29, 0.717) is 31.6 Å². The minimum atomic E-state index is -4.95. The molecule has 0 aromatic heterocycles. The van der Waals surface area contributed by atoms with E-state index in [2.05, 4.69) is 48.5 Å². The van der Waals surface area contributed by atoms with Gasteiger partial charge in [0.25, 0.3) is 0 Å². The highest BCUT2D eigenvalue weighted by molar-refractivity contribution is 7.47. The first-order valence-corrected chi connectivity index (χ1v) is 39.3. The Kier molecular flexibility index (Phi) is 59.6. The summed E-state index contributed by atoms with van der Waals surface area (Å²) in [6, 6.07) is 0. The summed E-state index contributed by atoms with van der Waals surface area (Å²) >= 11 is 0. The molecule has 0 heterocycles. The lowest BCUT2D eigenvalue weighted by molar-refractivity contribution is -0.161. The molecule has 0 amide bonds. The number of carbonyl (C=O) groups is 4. The third-order valence-electron chi connectivity index (χ3n) is 16.1. The van der Waals surface area contributed by atoms with Crippen LogP contribution in [0, 0.1) is 17.8 Å². The van der Waals surface area contributed by atoms with Crippen molar-refractivity contribution >= 4 is 39.5 Å². The normalized spacial score (nSPS) is 14.2. The first-order valence-electron chi connectivity index (χ1n) is 36.3. The predicted octanol–water partition coefficient (Wildman–Crippen LogP) is 19.8. The van der Waals surface area contributed by atoms with Crippen molar-refractivity contribution in [1.29, 1.82) is 0 Å². The number of aliphatic hydroxyl groups excluding tert-OH is 1. The second kappa shape index (κ2) is 61.0. The van der Waals surface area contributed by atoms with Gasteiger partial charge in [0.15, 0.2) is 12.2 Å². The standard InChI is InChI=1S/C70H136O17P2/c1-8-9-10-11-12-21-30-37-44-51-67(72)80-58-66(87-70(75)54-47-40-33-26-29-36-43-50-63(6)7)60-85-89(78,79)83-56-64(71)55-82-88(76,77)84-59-65(86-69(74)53-46-39-32-25-20-16-14-18-23-28-35-42-49-62(4)5)57-81-68(73)52-45-38-31-24-19-15-13-17-22-27-34-41-48-61(2)3/h61-66,71H,8-60H2,1-7H3,(H,76,77)(H,78,79)/t64-,65-,66-/m1/s1. The molecule has 528 valence electrons. The maximum atomic E-state index is 13.0. The number of phosphoric ester groups is 2. The van der Waals surface area contributed by atoms with Crippen LogP contribution in [0.15, 0.2) is 0 Å². The van der Waals surface area contributed by atoms with Crippen LogP contribution >= 0.6 is 15.6 Å². The molecule has 0 rings (SSSR count). The Hall–Kier alpha value is -1.94. The van der Waals surface area contributed by atoms with E-state index in [4.69, 9.17) is 37.0 Å². The van der Waals surface area contributed by atoms with E-state index >= 15 is 0 Å². The molecule has 89 heavy (non-hydrogen) atoms. The highest BCUT2D eigenvalue weighted by atomic mass is 31.2. The average molecular weight is 1310 g/mol. The molecule has 0 radical (unpaired) electrons. The molecule has 0 fully saturated rings. The van der Waals surface area contributed by atoms with E-state index in [0.717, 1.165) is 102 Å². The number of carbonyl (C=O) groups excluding carboxylic acids is 4. The lowest BCUT2D eigenvalue weighted by atomic mass is 10.0. The SMILES string of the molecule is CCCCCCCCCCCC(=O)OC[C@H](COP(=O)(O)OC[C@H](O)COP(=O)(O)OC[C@@H](COC(=O)CCCCCCCCCCCCCCC(C)C)OC(=O)CCCCCCCCCCCCCCC(C)C)OC(=O)CCCCCCCCCC(C)C. The van der Waals surface area contributed by atoms with E-state index in [9.17, 15) is 43.2 Å². The third-order valence-corrected chi connectivity index (χ3v) is 18.0. The van der Waals surface area contributed by atoms with Gasteiger partial charge < -0.3 is 33.8 Å². The van der Waals surface area contributed by atoms with Crippen molar-refractivity contribution in [1.82, 2.24) is 0 Å². The van der Waals surface area contributed by atoms with Gasteiger partial charge in [-0.1, -0.05) is 299 Å². The number of rotatable bonds is 68. The maximum Gasteiger partial charge on any atom is 0.472 e. The van der Waals surface area contributed by atoms with Crippen molar-refractivity contribution in [3.63, 3.8) is 0 Å². The minimum absolute atomic E-state index is 0.103. The van der Waals surface area contributed by atoms with Gasteiger partial charge in [-0.25, -0.2) is 9.13 Å². The van der Waals surface area contributed by atoms with Crippen LogP contribution in [-0.4, -0.2) is 96.7 Å². The van der Waals surface area contributed by atoms with E-state index in [1.54, 1.807) is 0 Å². The summed E-state index contributed by atoms with van der Waals surface area (Å²) in [6.07, 6.45) is 44.5. The highest BCUT2D eigenvalue weighted by Gasteiger charge is 2.30. The van der Waals surface area contributed by atoms with E-state index in [1.807, 2.05) is 0 Å². The second-order valence-corrected chi connectivity index (χ2v) is 29.6. The third kappa shape index (κ3) is 64.6. The van der Waals surface area contributed by atoms with E-state index < -0.39 is 97.5 Å². The molecule has 0 aliphatic rings. The molecule has 19 heteroatoms. The largest absolute Gasteiger partial charge is 0.472 e. The summed E-state index contributed by atoms with van der Waals surface area (Å²) in [5.41, 5.74) is 0. The number of hydrogen-bond donors (Lipinski definition) is 3. The van der Waals surface area contributed by atoms with Crippen molar-refractivity contribution < 1.29 is 80.2 Å². The van der Waals surface area contributed by atoms with Crippen LogP contribution in [0.1, 0.15) is 350 Å². The van der Waals surface area contributed by atoms with Crippen molar-refractivity contribution in [3.05, 3.63) is 0 Å².